The van der Waals surface area contributed by atoms with Crippen molar-refractivity contribution in [1.82, 2.24) is 5.06 Å². The predicted molar refractivity (Wildman–Crippen MR) is 100 cm³/mol. The zero-order chi connectivity index (χ0) is 20.4. The molecule has 0 aromatic heterocycles. The molecule has 0 N–H and O–H groups in total. The van der Waals surface area contributed by atoms with Gasteiger partial charge in [-0.15, -0.1) is 0 Å². The number of imide groups is 2. The second-order valence-electron chi connectivity index (χ2n) is 6.43. The first-order chi connectivity index (χ1) is 13.4. The summed E-state index contributed by atoms with van der Waals surface area (Å²) in [5.41, 5.74) is -0.898. The highest BCUT2D eigenvalue weighted by atomic mass is 16.8. The van der Waals surface area contributed by atoms with E-state index >= 15 is 0 Å². The van der Waals surface area contributed by atoms with Gasteiger partial charge in [0.2, 0.25) is 5.41 Å². The standard InChI is InChI=1S/C21H23N2O5/c1-4-27-22-18(24)21(16-12-8-6-9-13-16,17-14-10-7-11-15-17)19(25)23(3,20(22)26)28-5-2/h6-15H,4-5H2,1-3H3/q+1. The molecule has 7 nitrogen and oxygen atoms in total. The quantitative estimate of drug-likeness (QED) is 0.567. The van der Waals surface area contributed by atoms with E-state index in [1.54, 1.807) is 74.5 Å². The lowest BCUT2D eigenvalue weighted by Gasteiger charge is -2.43. The second kappa shape index (κ2) is 7.63. The van der Waals surface area contributed by atoms with Gasteiger partial charge in [0, 0.05) is 0 Å². The first kappa shape index (κ1) is 19.9. The maximum Gasteiger partial charge on any atom is 0.490 e. The molecule has 1 aliphatic heterocycles. The average molecular weight is 383 g/mol. The van der Waals surface area contributed by atoms with Crippen LogP contribution in [0.15, 0.2) is 60.7 Å². The molecule has 0 saturated carbocycles. The summed E-state index contributed by atoms with van der Waals surface area (Å²) in [5, 5.41) is 0.664. The summed E-state index contributed by atoms with van der Waals surface area (Å²) >= 11 is 0. The van der Waals surface area contributed by atoms with Crippen LogP contribution in [-0.2, 0) is 24.7 Å². The number of carbonyl (C=O) groups excluding carboxylic acids is 3. The lowest BCUT2D eigenvalue weighted by molar-refractivity contribution is -0.968. The highest BCUT2D eigenvalue weighted by Crippen LogP contribution is 2.42. The number of barbiturate groups is 1. The third kappa shape index (κ3) is 2.75. The third-order valence-electron chi connectivity index (χ3n) is 4.81. The van der Waals surface area contributed by atoms with E-state index in [9.17, 15) is 14.4 Å². The number of carbonyl (C=O) groups is 3. The lowest BCUT2D eigenvalue weighted by atomic mass is 9.71. The van der Waals surface area contributed by atoms with Gasteiger partial charge in [0.25, 0.3) is 5.91 Å². The number of nitrogens with zero attached hydrogens (tertiary/aromatic N) is 2. The zero-order valence-corrected chi connectivity index (χ0v) is 16.1. The van der Waals surface area contributed by atoms with E-state index in [4.69, 9.17) is 9.68 Å². The number of hydroxylamine groups is 5. The van der Waals surface area contributed by atoms with Gasteiger partial charge in [-0.25, -0.2) is 4.79 Å². The summed E-state index contributed by atoms with van der Waals surface area (Å²) < 4.78 is -1.04. The molecule has 7 heteroatoms. The van der Waals surface area contributed by atoms with Crippen LogP contribution in [0.3, 0.4) is 0 Å². The Kier molecular flexibility index (Phi) is 5.42. The summed E-state index contributed by atoms with van der Waals surface area (Å²) in [6.45, 7) is 3.52. The molecular weight excluding hydrogens is 360 g/mol. The molecule has 0 aliphatic carbocycles. The van der Waals surface area contributed by atoms with Gasteiger partial charge < -0.3 is 0 Å². The van der Waals surface area contributed by atoms with Crippen LogP contribution < -0.4 is 0 Å². The molecule has 1 atom stereocenters. The molecule has 2 aromatic carbocycles. The predicted octanol–water partition coefficient (Wildman–Crippen LogP) is 2.81. The number of rotatable bonds is 6. The van der Waals surface area contributed by atoms with Crippen molar-refractivity contribution in [3.05, 3.63) is 71.8 Å². The van der Waals surface area contributed by atoms with Gasteiger partial charge >= 0.3 is 11.9 Å². The van der Waals surface area contributed by atoms with E-state index in [1.807, 2.05) is 0 Å². The van der Waals surface area contributed by atoms with Crippen LogP contribution in [0.5, 0.6) is 0 Å². The van der Waals surface area contributed by atoms with Crippen LogP contribution in [0.4, 0.5) is 4.79 Å². The minimum atomic E-state index is -1.78. The lowest BCUT2D eigenvalue weighted by Crippen LogP contribution is -2.74. The van der Waals surface area contributed by atoms with Crippen molar-refractivity contribution in [2.45, 2.75) is 19.3 Å². The molecule has 1 fully saturated rings. The Morgan fingerprint density at radius 2 is 1.36 bits per heavy atom. The minimum Gasteiger partial charge on any atom is -0.270 e. The molecule has 3 rings (SSSR count). The average Bonchev–Trinajstić information content (AvgIpc) is 2.72. The number of hydrogen-bond donors (Lipinski definition) is 0. The summed E-state index contributed by atoms with van der Waals surface area (Å²) in [7, 11) is 1.34. The number of hydrogen-bond acceptors (Lipinski definition) is 5. The molecular formula is C21H23N2O5+. The van der Waals surface area contributed by atoms with Crippen LogP contribution in [0.2, 0.25) is 0 Å². The van der Waals surface area contributed by atoms with E-state index in [0.29, 0.717) is 16.2 Å². The van der Waals surface area contributed by atoms with Crippen LogP contribution >= 0.6 is 0 Å². The first-order valence-corrected chi connectivity index (χ1v) is 9.13. The maximum absolute atomic E-state index is 13.9. The minimum absolute atomic E-state index is 0.0808. The highest BCUT2D eigenvalue weighted by molar-refractivity contribution is 6.19. The molecule has 1 aliphatic rings. The summed E-state index contributed by atoms with van der Waals surface area (Å²) in [6, 6.07) is 16.5. The van der Waals surface area contributed by atoms with Gasteiger partial charge in [-0.3, -0.25) is 9.63 Å². The maximum atomic E-state index is 13.9. The molecule has 0 bridgehead atoms. The van der Waals surface area contributed by atoms with Crippen LogP contribution in [0.25, 0.3) is 0 Å². The Morgan fingerprint density at radius 3 is 1.79 bits per heavy atom. The van der Waals surface area contributed by atoms with Gasteiger partial charge in [0.1, 0.15) is 13.7 Å². The zero-order valence-electron chi connectivity index (χ0n) is 16.1. The molecule has 1 unspecified atom stereocenters. The summed E-state index contributed by atoms with van der Waals surface area (Å²) in [4.78, 5) is 51.5. The number of likely N-dealkylation sites (N-methyl/N-ethyl adjacent to an activating group) is 1. The van der Waals surface area contributed by atoms with Crippen LogP contribution in [-0.4, -0.2) is 47.8 Å². The van der Waals surface area contributed by atoms with Crippen molar-refractivity contribution in [3.8, 4) is 0 Å². The number of quaternary nitrogens is 1. The molecule has 146 valence electrons. The number of urea groups is 1. The van der Waals surface area contributed by atoms with Crippen molar-refractivity contribution in [3.63, 3.8) is 0 Å². The fourth-order valence-corrected chi connectivity index (χ4v) is 3.56. The molecule has 4 amide bonds. The smallest absolute Gasteiger partial charge is 0.270 e. The topological polar surface area (TPSA) is 72.9 Å². The number of amides is 4. The van der Waals surface area contributed by atoms with Crippen LogP contribution in [0.1, 0.15) is 25.0 Å². The highest BCUT2D eigenvalue weighted by Gasteiger charge is 2.70. The van der Waals surface area contributed by atoms with Crippen molar-refractivity contribution in [1.29, 1.82) is 0 Å². The molecule has 2 aromatic rings. The Morgan fingerprint density at radius 1 is 0.857 bits per heavy atom. The van der Waals surface area contributed by atoms with Gasteiger partial charge in [-0.05, 0) is 29.6 Å². The molecule has 28 heavy (non-hydrogen) atoms. The van der Waals surface area contributed by atoms with E-state index in [0.717, 1.165) is 0 Å². The van der Waals surface area contributed by atoms with E-state index < -0.39 is 27.9 Å². The number of benzene rings is 2. The van der Waals surface area contributed by atoms with Gasteiger partial charge in [-0.2, -0.15) is 9.63 Å². The second-order valence-corrected chi connectivity index (χ2v) is 6.43. The van der Waals surface area contributed by atoms with Crippen molar-refractivity contribution in [2.75, 3.05) is 20.3 Å². The Bertz CT molecular complexity index is 845. The largest absolute Gasteiger partial charge is 0.490 e. The fourth-order valence-electron chi connectivity index (χ4n) is 3.56. The fraction of sp³-hybridized carbons (Fsp3) is 0.286. The van der Waals surface area contributed by atoms with Gasteiger partial charge in [0.15, 0.2) is 0 Å². The first-order valence-electron chi connectivity index (χ1n) is 9.13. The van der Waals surface area contributed by atoms with E-state index in [2.05, 4.69) is 0 Å². The van der Waals surface area contributed by atoms with Crippen molar-refractivity contribution < 1.29 is 28.7 Å². The van der Waals surface area contributed by atoms with Crippen molar-refractivity contribution in [2.24, 2.45) is 0 Å². The normalized spacial score (nSPS) is 21.8. The van der Waals surface area contributed by atoms with Gasteiger partial charge in [-0.1, -0.05) is 65.7 Å². The molecule has 0 spiro atoms. The van der Waals surface area contributed by atoms with Crippen LogP contribution in [0, 0.1) is 0 Å². The SMILES string of the molecule is CCON1C(=O)C(c2ccccc2)(c2ccccc2)C(=O)[N+](C)(OCC)C1=O. The van der Waals surface area contributed by atoms with Gasteiger partial charge in [0.05, 0.1) is 6.61 Å². The van der Waals surface area contributed by atoms with Crippen molar-refractivity contribution >= 4 is 17.8 Å². The van der Waals surface area contributed by atoms with E-state index in [1.165, 1.54) is 7.05 Å². The monoisotopic (exact) mass is 383 g/mol. The molecule has 1 heterocycles. The Balaban J connectivity index is 2.37. The Labute approximate surface area is 163 Å². The Hall–Kier alpha value is -2.87. The summed E-state index contributed by atoms with van der Waals surface area (Å²) in [6.07, 6.45) is 0. The summed E-state index contributed by atoms with van der Waals surface area (Å²) in [5.74, 6) is -1.44. The van der Waals surface area contributed by atoms with E-state index in [-0.39, 0.29) is 13.2 Å². The third-order valence-corrected chi connectivity index (χ3v) is 4.81. The molecule has 0 radical (unpaired) electrons. The molecule has 1 saturated heterocycles.